The van der Waals surface area contributed by atoms with Gasteiger partial charge in [0, 0.05) is 43.6 Å². The maximum Gasteiger partial charge on any atom is 0.255 e. The molecule has 1 amide bonds. The van der Waals surface area contributed by atoms with Gasteiger partial charge in [0.2, 0.25) is 0 Å². The summed E-state index contributed by atoms with van der Waals surface area (Å²) in [6, 6.07) is 8.07. The van der Waals surface area contributed by atoms with E-state index in [0.717, 1.165) is 31.9 Å². The van der Waals surface area contributed by atoms with E-state index < -0.39 is 11.6 Å². The molecular weight excluding hydrogens is 348 g/mol. The van der Waals surface area contributed by atoms with Gasteiger partial charge < -0.3 is 4.90 Å². The van der Waals surface area contributed by atoms with Gasteiger partial charge in [0.15, 0.2) is 11.6 Å². The lowest BCUT2D eigenvalue weighted by Crippen LogP contribution is -2.40. The van der Waals surface area contributed by atoms with Crippen LogP contribution in [0.2, 0.25) is 0 Å². The van der Waals surface area contributed by atoms with Crippen molar-refractivity contribution in [1.29, 1.82) is 0 Å². The zero-order valence-corrected chi connectivity index (χ0v) is 15.2. The first-order valence-electron chi connectivity index (χ1n) is 9.49. The minimum atomic E-state index is -0.807. The Kier molecular flexibility index (Phi) is 5.16. The minimum Gasteiger partial charge on any atom is -0.337 e. The molecule has 0 radical (unpaired) electrons. The van der Waals surface area contributed by atoms with Gasteiger partial charge in [-0.2, -0.15) is 0 Å². The van der Waals surface area contributed by atoms with E-state index in [-0.39, 0.29) is 11.9 Å². The molecule has 1 aromatic carbocycles. The highest BCUT2D eigenvalue weighted by molar-refractivity contribution is 5.94. The second kappa shape index (κ2) is 7.72. The summed E-state index contributed by atoms with van der Waals surface area (Å²) in [7, 11) is 0. The molecule has 0 saturated carbocycles. The SMILES string of the molecule is O=C(c1cccnc1)N1C[C@@H]2CCCCN(Cc3cccc(F)c3F)[C@@H]2C1. The van der Waals surface area contributed by atoms with Crippen LogP contribution in [-0.2, 0) is 6.54 Å². The Bertz CT molecular complexity index is 814. The Morgan fingerprint density at radius 2 is 2.04 bits per heavy atom. The molecule has 0 unspecified atom stereocenters. The van der Waals surface area contributed by atoms with Crippen molar-refractivity contribution in [2.75, 3.05) is 19.6 Å². The van der Waals surface area contributed by atoms with Crippen LogP contribution in [0.3, 0.4) is 0 Å². The van der Waals surface area contributed by atoms with E-state index in [9.17, 15) is 13.6 Å². The summed E-state index contributed by atoms with van der Waals surface area (Å²) in [5, 5.41) is 0. The highest BCUT2D eigenvalue weighted by atomic mass is 19.2. The number of carbonyl (C=O) groups is 1. The zero-order valence-electron chi connectivity index (χ0n) is 15.2. The normalized spacial score (nSPS) is 23.1. The Hall–Kier alpha value is -2.34. The maximum atomic E-state index is 14.2. The van der Waals surface area contributed by atoms with Crippen LogP contribution in [0, 0.1) is 17.6 Å². The highest BCUT2D eigenvalue weighted by Crippen LogP contribution is 2.32. The van der Waals surface area contributed by atoms with Crippen LogP contribution < -0.4 is 0 Å². The first-order chi connectivity index (χ1) is 13.1. The fourth-order valence-corrected chi connectivity index (χ4v) is 4.36. The number of hydrogen-bond donors (Lipinski definition) is 0. The number of likely N-dealkylation sites (tertiary alicyclic amines) is 2. The number of rotatable bonds is 3. The number of benzene rings is 1. The third kappa shape index (κ3) is 3.72. The van der Waals surface area contributed by atoms with Gasteiger partial charge in [0.05, 0.1) is 5.56 Å². The van der Waals surface area contributed by atoms with Crippen molar-refractivity contribution >= 4 is 5.91 Å². The first kappa shape index (κ1) is 18.0. The minimum absolute atomic E-state index is 0.00643. The molecule has 0 bridgehead atoms. The molecule has 2 fully saturated rings. The van der Waals surface area contributed by atoms with E-state index in [1.165, 1.54) is 0 Å². The zero-order chi connectivity index (χ0) is 18.8. The number of amides is 1. The first-order valence-corrected chi connectivity index (χ1v) is 9.49. The Morgan fingerprint density at radius 3 is 2.85 bits per heavy atom. The van der Waals surface area contributed by atoms with Crippen LogP contribution in [0.5, 0.6) is 0 Å². The molecule has 0 aliphatic carbocycles. The number of fused-ring (bicyclic) bond motifs is 1. The largest absolute Gasteiger partial charge is 0.337 e. The molecule has 27 heavy (non-hydrogen) atoms. The molecule has 2 saturated heterocycles. The fraction of sp³-hybridized carbons (Fsp3) is 0.429. The summed E-state index contributed by atoms with van der Waals surface area (Å²) < 4.78 is 27.7. The van der Waals surface area contributed by atoms with Crippen molar-refractivity contribution in [3.63, 3.8) is 0 Å². The van der Waals surface area contributed by atoms with Gasteiger partial charge in [0.1, 0.15) is 0 Å². The number of halogens is 2. The Balaban J connectivity index is 1.52. The second-order valence-electron chi connectivity index (χ2n) is 7.46. The van der Waals surface area contributed by atoms with Crippen LogP contribution >= 0.6 is 0 Å². The summed E-state index contributed by atoms with van der Waals surface area (Å²) in [6.07, 6.45) is 6.44. The standard InChI is InChI=1S/C21H23F2N3O/c22-18-8-3-6-17(20(18)23)13-25-10-2-1-5-16-12-26(14-19(16)25)21(27)15-7-4-9-24-11-15/h3-4,6-9,11,16,19H,1-2,5,10,12-14H2/t16-,19+/m0/s1. The van der Waals surface area contributed by atoms with Crippen molar-refractivity contribution in [3.8, 4) is 0 Å². The molecule has 4 nitrogen and oxygen atoms in total. The van der Waals surface area contributed by atoms with Gasteiger partial charge in [-0.3, -0.25) is 14.7 Å². The van der Waals surface area contributed by atoms with Crippen LogP contribution in [0.1, 0.15) is 35.2 Å². The summed E-state index contributed by atoms with van der Waals surface area (Å²) in [5.74, 6) is -1.21. The molecule has 3 heterocycles. The predicted octanol–water partition coefficient (Wildman–Crippen LogP) is 3.49. The molecule has 2 aliphatic heterocycles. The third-order valence-corrected chi connectivity index (χ3v) is 5.75. The van der Waals surface area contributed by atoms with Crippen LogP contribution in [0.15, 0.2) is 42.7 Å². The molecule has 6 heteroatoms. The van der Waals surface area contributed by atoms with Gasteiger partial charge in [0.25, 0.3) is 5.91 Å². The topological polar surface area (TPSA) is 36.4 Å². The summed E-state index contributed by atoms with van der Waals surface area (Å²) >= 11 is 0. The fourth-order valence-electron chi connectivity index (χ4n) is 4.36. The molecule has 0 spiro atoms. The van der Waals surface area contributed by atoms with Crippen molar-refractivity contribution < 1.29 is 13.6 Å². The van der Waals surface area contributed by atoms with Crippen molar-refractivity contribution in [2.45, 2.75) is 31.8 Å². The van der Waals surface area contributed by atoms with Crippen molar-refractivity contribution in [1.82, 2.24) is 14.8 Å². The van der Waals surface area contributed by atoms with E-state index in [4.69, 9.17) is 0 Å². The molecule has 0 N–H and O–H groups in total. The number of carbonyl (C=O) groups excluding carboxylic acids is 1. The Labute approximate surface area is 157 Å². The van der Waals surface area contributed by atoms with E-state index in [2.05, 4.69) is 9.88 Å². The van der Waals surface area contributed by atoms with Crippen molar-refractivity contribution in [3.05, 3.63) is 65.5 Å². The van der Waals surface area contributed by atoms with Gasteiger partial charge in [-0.25, -0.2) is 8.78 Å². The lowest BCUT2D eigenvalue weighted by Gasteiger charge is -2.30. The average molecular weight is 371 g/mol. The lowest BCUT2D eigenvalue weighted by atomic mass is 9.98. The third-order valence-electron chi connectivity index (χ3n) is 5.75. The number of nitrogens with zero attached hydrogens (tertiary/aromatic N) is 3. The predicted molar refractivity (Wildman–Crippen MR) is 98.0 cm³/mol. The number of pyridine rings is 1. The van der Waals surface area contributed by atoms with Gasteiger partial charge in [-0.15, -0.1) is 0 Å². The van der Waals surface area contributed by atoms with Gasteiger partial charge in [-0.05, 0) is 43.5 Å². The summed E-state index contributed by atoms with van der Waals surface area (Å²) in [6.45, 7) is 2.54. The molecule has 1 aromatic heterocycles. The van der Waals surface area contributed by atoms with Crippen LogP contribution in [-0.4, -0.2) is 46.4 Å². The number of aromatic nitrogens is 1. The van der Waals surface area contributed by atoms with E-state index >= 15 is 0 Å². The summed E-state index contributed by atoms with van der Waals surface area (Å²) in [5.41, 5.74) is 0.976. The monoisotopic (exact) mass is 371 g/mol. The molecular formula is C21H23F2N3O. The number of hydrogen-bond acceptors (Lipinski definition) is 3. The highest BCUT2D eigenvalue weighted by Gasteiger charge is 2.39. The molecule has 2 aromatic rings. The van der Waals surface area contributed by atoms with E-state index in [1.807, 2.05) is 4.90 Å². The van der Waals surface area contributed by atoms with Crippen LogP contribution in [0.4, 0.5) is 8.78 Å². The van der Waals surface area contributed by atoms with Gasteiger partial charge >= 0.3 is 0 Å². The van der Waals surface area contributed by atoms with Crippen LogP contribution in [0.25, 0.3) is 0 Å². The van der Waals surface area contributed by atoms with E-state index in [1.54, 1.807) is 36.7 Å². The second-order valence-corrected chi connectivity index (χ2v) is 7.46. The van der Waals surface area contributed by atoms with Gasteiger partial charge in [-0.1, -0.05) is 18.6 Å². The molecule has 4 rings (SSSR count). The quantitative estimate of drug-likeness (QED) is 0.829. The molecule has 142 valence electrons. The Morgan fingerprint density at radius 1 is 1.15 bits per heavy atom. The average Bonchev–Trinajstić information content (AvgIpc) is 3.03. The molecule has 2 atom stereocenters. The molecule has 2 aliphatic rings. The van der Waals surface area contributed by atoms with E-state index in [0.29, 0.717) is 36.7 Å². The smallest absolute Gasteiger partial charge is 0.255 e. The lowest BCUT2D eigenvalue weighted by molar-refractivity contribution is 0.0772. The summed E-state index contributed by atoms with van der Waals surface area (Å²) in [4.78, 5) is 20.9. The van der Waals surface area contributed by atoms with Crippen molar-refractivity contribution in [2.24, 2.45) is 5.92 Å². The maximum absolute atomic E-state index is 14.2.